The number of carbonyl (C=O) groups is 1. The molecule has 1 atom stereocenters. The number of rotatable bonds is 3. The van der Waals surface area contributed by atoms with Crippen molar-refractivity contribution in [3.05, 3.63) is 35.9 Å². The SMILES string of the molecule is O=C1CCN(C2CCN(Cc3ccccc3)C2)CC1. The van der Waals surface area contributed by atoms with Crippen LogP contribution in [0.15, 0.2) is 30.3 Å². The van der Waals surface area contributed by atoms with E-state index in [0.717, 1.165) is 39.0 Å². The van der Waals surface area contributed by atoms with Crippen LogP contribution in [-0.2, 0) is 11.3 Å². The van der Waals surface area contributed by atoms with Gasteiger partial charge in [-0.2, -0.15) is 0 Å². The molecule has 0 radical (unpaired) electrons. The van der Waals surface area contributed by atoms with Gasteiger partial charge >= 0.3 is 0 Å². The van der Waals surface area contributed by atoms with Crippen molar-refractivity contribution in [3.63, 3.8) is 0 Å². The molecule has 0 bridgehead atoms. The fourth-order valence-electron chi connectivity index (χ4n) is 3.23. The minimum Gasteiger partial charge on any atom is -0.300 e. The van der Waals surface area contributed by atoms with E-state index in [1.54, 1.807) is 0 Å². The third kappa shape index (κ3) is 3.23. The molecule has 0 aliphatic carbocycles. The van der Waals surface area contributed by atoms with Gasteiger partial charge in [-0.1, -0.05) is 30.3 Å². The smallest absolute Gasteiger partial charge is 0.135 e. The highest BCUT2D eigenvalue weighted by molar-refractivity contribution is 5.79. The fraction of sp³-hybridized carbons (Fsp3) is 0.562. The van der Waals surface area contributed by atoms with Gasteiger partial charge in [0.05, 0.1) is 0 Å². The Hall–Kier alpha value is -1.19. The largest absolute Gasteiger partial charge is 0.300 e. The van der Waals surface area contributed by atoms with Crippen LogP contribution in [0.5, 0.6) is 0 Å². The minimum absolute atomic E-state index is 0.440. The lowest BCUT2D eigenvalue weighted by Crippen LogP contribution is -2.42. The van der Waals surface area contributed by atoms with Gasteiger partial charge in [0.15, 0.2) is 0 Å². The summed E-state index contributed by atoms with van der Waals surface area (Å²) in [6, 6.07) is 11.4. The summed E-state index contributed by atoms with van der Waals surface area (Å²) >= 11 is 0. The van der Waals surface area contributed by atoms with E-state index in [1.165, 1.54) is 18.5 Å². The predicted octanol–water partition coefficient (Wildman–Crippen LogP) is 1.93. The zero-order chi connectivity index (χ0) is 13.1. The van der Waals surface area contributed by atoms with E-state index in [9.17, 15) is 4.79 Å². The fourth-order valence-corrected chi connectivity index (χ4v) is 3.23. The number of ketones is 1. The molecule has 2 heterocycles. The van der Waals surface area contributed by atoms with Crippen LogP contribution in [0, 0.1) is 0 Å². The molecule has 1 unspecified atom stereocenters. The standard InChI is InChI=1S/C16H22N2O/c19-16-7-10-18(11-8-16)15-6-9-17(13-15)12-14-4-2-1-3-5-14/h1-5,15H,6-13H2. The van der Waals surface area contributed by atoms with Crippen molar-refractivity contribution in [1.82, 2.24) is 9.80 Å². The van der Waals surface area contributed by atoms with E-state index in [4.69, 9.17) is 0 Å². The van der Waals surface area contributed by atoms with E-state index in [2.05, 4.69) is 40.1 Å². The first-order valence-electron chi connectivity index (χ1n) is 7.33. The van der Waals surface area contributed by atoms with Gasteiger partial charge in [0.1, 0.15) is 5.78 Å². The van der Waals surface area contributed by atoms with E-state index >= 15 is 0 Å². The van der Waals surface area contributed by atoms with Crippen molar-refractivity contribution in [1.29, 1.82) is 0 Å². The van der Waals surface area contributed by atoms with Crippen molar-refractivity contribution in [2.24, 2.45) is 0 Å². The summed E-state index contributed by atoms with van der Waals surface area (Å²) in [6.07, 6.45) is 2.77. The van der Waals surface area contributed by atoms with Crippen LogP contribution in [0.2, 0.25) is 0 Å². The summed E-state index contributed by atoms with van der Waals surface area (Å²) in [7, 11) is 0. The van der Waals surface area contributed by atoms with Gasteiger partial charge in [-0.3, -0.25) is 14.6 Å². The molecule has 19 heavy (non-hydrogen) atoms. The Balaban J connectivity index is 1.51. The summed E-state index contributed by atoms with van der Waals surface area (Å²) in [5.74, 6) is 0.440. The van der Waals surface area contributed by atoms with Crippen molar-refractivity contribution in [2.75, 3.05) is 26.2 Å². The second kappa shape index (κ2) is 5.85. The third-order valence-corrected chi connectivity index (χ3v) is 4.37. The Morgan fingerprint density at radius 3 is 2.53 bits per heavy atom. The van der Waals surface area contributed by atoms with Gasteiger partial charge in [0.25, 0.3) is 0 Å². The molecule has 1 aromatic carbocycles. The molecule has 2 saturated heterocycles. The Bertz CT molecular complexity index is 422. The summed E-state index contributed by atoms with van der Waals surface area (Å²) in [5, 5.41) is 0. The number of hydrogen-bond acceptors (Lipinski definition) is 3. The molecular formula is C16H22N2O. The Kier molecular flexibility index (Phi) is 3.95. The zero-order valence-electron chi connectivity index (χ0n) is 11.4. The van der Waals surface area contributed by atoms with Gasteiger partial charge in [0, 0.05) is 51.6 Å². The molecule has 2 fully saturated rings. The third-order valence-electron chi connectivity index (χ3n) is 4.37. The second-order valence-electron chi connectivity index (χ2n) is 5.74. The number of piperidine rings is 1. The van der Waals surface area contributed by atoms with Gasteiger partial charge < -0.3 is 0 Å². The first-order chi connectivity index (χ1) is 9.31. The van der Waals surface area contributed by atoms with Crippen LogP contribution in [0.25, 0.3) is 0 Å². The second-order valence-corrected chi connectivity index (χ2v) is 5.74. The van der Waals surface area contributed by atoms with Crippen LogP contribution < -0.4 is 0 Å². The molecule has 1 aromatic rings. The molecule has 0 spiro atoms. The van der Waals surface area contributed by atoms with E-state index in [1.807, 2.05) is 0 Å². The van der Waals surface area contributed by atoms with Gasteiger partial charge in [0.2, 0.25) is 0 Å². The Morgan fingerprint density at radius 1 is 1.05 bits per heavy atom. The molecular weight excluding hydrogens is 236 g/mol. The monoisotopic (exact) mass is 258 g/mol. The van der Waals surface area contributed by atoms with Crippen LogP contribution >= 0.6 is 0 Å². The molecule has 0 N–H and O–H groups in total. The van der Waals surface area contributed by atoms with Crippen LogP contribution in [0.3, 0.4) is 0 Å². The minimum atomic E-state index is 0.440. The summed E-state index contributed by atoms with van der Waals surface area (Å²) in [5.41, 5.74) is 1.40. The average molecular weight is 258 g/mol. The molecule has 3 rings (SSSR count). The number of nitrogens with zero attached hydrogens (tertiary/aromatic N) is 2. The number of benzene rings is 1. The van der Waals surface area contributed by atoms with E-state index in [0.29, 0.717) is 11.8 Å². The van der Waals surface area contributed by atoms with Crippen molar-refractivity contribution < 1.29 is 4.79 Å². The normalized spacial score (nSPS) is 25.9. The first-order valence-corrected chi connectivity index (χ1v) is 7.33. The number of likely N-dealkylation sites (tertiary alicyclic amines) is 2. The van der Waals surface area contributed by atoms with Crippen molar-refractivity contribution in [2.45, 2.75) is 31.8 Å². The quantitative estimate of drug-likeness (QED) is 0.827. The lowest BCUT2D eigenvalue weighted by Gasteiger charge is -2.31. The number of Topliss-reactive ketones (excluding diaryl/α,β-unsaturated/α-hetero) is 1. The van der Waals surface area contributed by atoms with Crippen LogP contribution in [0.1, 0.15) is 24.8 Å². The highest BCUT2D eigenvalue weighted by Gasteiger charge is 2.29. The lowest BCUT2D eigenvalue weighted by atomic mass is 10.1. The maximum atomic E-state index is 11.3. The van der Waals surface area contributed by atoms with Gasteiger partial charge in [-0.25, -0.2) is 0 Å². The van der Waals surface area contributed by atoms with Crippen LogP contribution in [0.4, 0.5) is 0 Å². The molecule has 2 aliphatic rings. The van der Waals surface area contributed by atoms with Crippen LogP contribution in [-0.4, -0.2) is 47.8 Å². The first kappa shape index (κ1) is 12.8. The molecule has 102 valence electrons. The maximum absolute atomic E-state index is 11.3. The van der Waals surface area contributed by atoms with Crippen molar-refractivity contribution in [3.8, 4) is 0 Å². The molecule has 3 heteroatoms. The zero-order valence-corrected chi connectivity index (χ0v) is 11.4. The maximum Gasteiger partial charge on any atom is 0.135 e. The molecule has 0 amide bonds. The topological polar surface area (TPSA) is 23.6 Å². The summed E-state index contributed by atoms with van der Waals surface area (Å²) in [4.78, 5) is 16.4. The van der Waals surface area contributed by atoms with Gasteiger partial charge in [-0.05, 0) is 12.0 Å². The van der Waals surface area contributed by atoms with Crippen molar-refractivity contribution >= 4 is 5.78 Å². The van der Waals surface area contributed by atoms with E-state index in [-0.39, 0.29) is 0 Å². The Labute approximate surface area is 115 Å². The molecule has 0 saturated carbocycles. The number of hydrogen-bond donors (Lipinski definition) is 0. The number of carbonyl (C=O) groups excluding carboxylic acids is 1. The highest BCUT2D eigenvalue weighted by Crippen LogP contribution is 2.20. The Morgan fingerprint density at radius 2 is 1.79 bits per heavy atom. The van der Waals surface area contributed by atoms with E-state index < -0.39 is 0 Å². The lowest BCUT2D eigenvalue weighted by molar-refractivity contribution is -0.121. The average Bonchev–Trinajstić information content (AvgIpc) is 2.89. The van der Waals surface area contributed by atoms with Gasteiger partial charge in [-0.15, -0.1) is 0 Å². The molecule has 3 nitrogen and oxygen atoms in total. The highest BCUT2D eigenvalue weighted by atomic mass is 16.1. The molecule has 0 aromatic heterocycles. The molecule has 2 aliphatic heterocycles. The summed E-state index contributed by atoms with van der Waals surface area (Å²) < 4.78 is 0. The summed E-state index contributed by atoms with van der Waals surface area (Å²) in [6.45, 7) is 5.35. The predicted molar refractivity (Wildman–Crippen MR) is 75.9 cm³/mol.